The van der Waals surface area contributed by atoms with E-state index in [0.29, 0.717) is 25.6 Å². The number of nitrogens with one attached hydrogen (secondary N) is 2. The molecule has 1 atom stereocenters. The van der Waals surface area contributed by atoms with Gasteiger partial charge in [0, 0.05) is 45.8 Å². The van der Waals surface area contributed by atoms with Crippen molar-refractivity contribution in [2.45, 2.75) is 31.4 Å². The zero-order valence-electron chi connectivity index (χ0n) is 17.4. The van der Waals surface area contributed by atoms with Gasteiger partial charge < -0.3 is 10.6 Å². The molecule has 1 saturated heterocycles. The van der Waals surface area contributed by atoms with Crippen LogP contribution in [0.5, 0.6) is 0 Å². The van der Waals surface area contributed by atoms with Gasteiger partial charge in [0.05, 0.1) is 12.1 Å². The number of guanidine groups is 1. The molecule has 1 fully saturated rings. The summed E-state index contributed by atoms with van der Waals surface area (Å²) in [7, 11) is 2.99. The first kappa shape index (κ1) is 27.8. The van der Waals surface area contributed by atoms with E-state index in [1.807, 2.05) is 0 Å². The van der Waals surface area contributed by atoms with Gasteiger partial charge in [-0.3, -0.25) is 14.8 Å². The SMILES string of the molecule is CN=C(NCCN(C)CC(F)(F)F)NC1CCN(Cc2ccc(C(F)(F)F)cc2)C1.I. The van der Waals surface area contributed by atoms with Crippen LogP contribution in [0.4, 0.5) is 26.3 Å². The Kier molecular flexibility index (Phi) is 10.8. The Labute approximate surface area is 195 Å². The molecule has 5 nitrogen and oxygen atoms in total. The number of aliphatic imine (C=N–C) groups is 1. The van der Waals surface area contributed by atoms with Crippen LogP contribution in [-0.2, 0) is 12.7 Å². The Bertz CT molecular complexity index is 693. The number of benzene rings is 1. The zero-order valence-corrected chi connectivity index (χ0v) is 19.7. The molecule has 0 spiro atoms. The van der Waals surface area contributed by atoms with Gasteiger partial charge in [-0.1, -0.05) is 12.1 Å². The van der Waals surface area contributed by atoms with E-state index < -0.39 is 24.5 Å². The Balaban J connectivity index is 0.00000480. The largest absolute Gasteiger partial charge is 0.416 e. The topological polar surface area (TPSA) is 42.9 Å². The molecule has 0 aliphatic carbocycles. The number of hydrogen-bond donors (Lipinski definition) is 2. The molecule has 1 aliphatic heterocycles. The molecule has 1 aromatic rings. The highest BCUT2D eigenvalue weighted by Gasteiger charge is 2.30. The first-order chi connectivity index (χ1) is 14.0. The van der Waals surface area contributed by atoms with Crippen molar-refractivity contribution in [3.8, 4) is 0 Å². The molecule has 2 rings (SSSR count). The van der Waals surface area contributed by atoms with Crippen molar-refractivity contribution in [3.05, 3.63) is 35.4 Å². The van der Waals surface area contributed by atoms with Crippen molar-refractivity contribution in [2.24, 2.45) is 4.99 Å². The Morgan fingerprint density at radius 1 is 1.16 bits per heavy atom. The predicted molar refractivity (Wildman–Crippen MR) is 119 cm³/mol. The highest BCUT2D eigenvalue weighted by molar-refractivity contribution is 14.0. The predicted octanol–water partition coefficient (Wildman–Crippen LogP) is 3.56. The standard InChI is InChI=1S/C19H27F6N5.HI/c1-26-17(27-8-10-29(2)13-18(20,21)22)28-16-7-9-30(12-16)11-14-3-5-15(6-4-14)19(23,24)25;/h3-6,16H,7-13H2,1-2H3,(H2,26,27,28);1H. The average Bonchev–Trinajstić information content (AvgIpc) is 3.06. The highest BCUT2D eigenvalue weighted by Crippen LogP contribution is 2.29. The molecule has 1 aromatic carbocycles. The third kappa shape index (κ3) is 10.3. The summed E-state index contributed by atoms with van der Waals surface area (Å²) < 4.78 is 75.0. The second-order valence-electron chi connectivity index (χ2n) is 7.41. The van der Waals surface area contributed by atoms with E-state index in [9.17, 15) is 26.3 Å². The van der Waals surface area contributed by atoms with Gasteiger partial charge in [0.25, 0.3) is 0 Å². The molecule has 178 valence electrons. The van der Waals surface area contributed by atoms with E-state index in [0.717, 1.165) is 30.7 Å². The summed E-state index contributed by atoms with van der Waals surface area (Å²) in [4.78, 5) is 7.41. The molecule has 0 bridgehead atoms. The minimum Gasteiger partial charge on any atom is -0.355 e. The van der Waals surface area contributed by atoms with Crippen LogP contribution in [0.1, 0.15) is 17.5 Å². The van der Waals surface area contributed by atoms with Gasteiger partial charge in [-0.2, -0.15) is 26.3 Å². The van der Waals surface area contributed by atoms with Crippen molar-refractivity contribution >= 4 is 29.9 Å². The summed E-state index contributed by atoms with van der Waals surface area (Å²) in [5, 5.41) is 6.24. The van der Waals surface area contributed by atoms with E-state index in [1.165, 1.54) is 24.1 Å². The molecule has 1 aliphatic rings. The smallest absolute Gasteiger partial charge is 0.355 e. The fourth-order valence-corrected chi connectivity index (χ4v) is 3.29. The van der Waals surface area contributed by atoms with Gasteiger partial charge in [0.2, 0.25) is 0 Å². The number of rotatable bonds is 7. The van der Waals surface area contributed by atoms with Crippen molar-refractivity contribution in [1.82, 2.24) is 20.4 Å². The van der Waals surface area contributed by atoms with Crippen LogP contribution in [0.3, 0.4) is 0 Å². The van der Waals surface area contributed by atoms with Crippen LogP contribution in [0.25, 0.3) is 0 Å². The third-order valence-corrected chi connectivity index (χ3v) is 4.76. The first-order valence-electron chi connectivity index (χ1n) is 9.57. The molecule has 31 heavy (non-hydrogen) atoms. The molecule has 2 N–H and O–H groups in total. The summed E-state index contributed by atoms with van der Waals surface area (Å²) in [5.74, 6) is 0.511. The Morgan fingerprint density at radius 3 is 2.35 bits per heavy atom. The lowest BCUT2D eigenvalue weighted by Gasteiger charge is -2.21. The van der Waals surface area contributed by atoms with Gasteiger partial charge in [-0.25, -0.2) is 0 Å². The van der Waals surface area contributed by atoms with Gasteiger partial charge in [-0.05, 0) is 31.2 Å². The fourth-order valence-electron chi connectivity index (χ4n) is 3.29. The van der Waals surface area contributed by atoms with E-state index in [1.54, 1.807) is 7.05 Å². The molecular formula is C19H28F6IN5. The number of likely N-dealkylation sites (tertiary alicyclic amines) is 1. The normalized spacial score (nSPS) is 18.2. The third-order valence-electron chi connectivity index (χ3n) is 4.76. The quantitative estimate of drug-likeness (QED) is 0.229. The number of hydrogen-bond acceptors (Lipinski definition) is 3. The Hall–Kier alpha value is -1.28. The van der Waals surface area contributed by atoms with E-state index >= 15 is 0 Å². The molecular weight excluding hydrogens is 539 g/mol. The number of halogens is 7. The lowest BCUT2D eigenvalue weighted by Crippen LogP contribution is -2.46. The van der Waals surface area contributed by atoms with Crippen LogP contribution < -0.4 is 10.6 Å². The highest BCUT2D eigenvalue weighted by atomic mass is 127. The summed E-state index contributed by atoms with van der Waals surface area (Å²) in [6, 6.07) is 5.24. The van der Waals surface area contributed by atoms with Crippen molar-refractivity contribution < 1.29 is 26.3 Å². The van der Waals surface area contributed by atoms with Gasteiger partial charge in [0.15, 0.2) is 5.96 Å². The molecule has 0 aromatic heterocycles. The molecule has 0 radical (unpaired) electrons. The van der Waals surface area contributed by atoms with Gasteiger partial charge >= 0.3 is 12.4 Å². The average molecular weight is 567 g/mol. The molecule has 12 heteroatoms. The van der Waals surface area contributed by atoms with Crippen molar-refractivity contribution in [2.75, 3.05) is 46.8 Å². The summed E-state index contributed by atoms with van der Waals surface area (Å²) >= 11 is 0. The second kappa shape index (κ2) is 12.1. The molecule has 0 saturated carbocycles. The van der Waals surface area contributed by atoms with Gasteiger partial charge in [-0.15, -0.1) is 24.0 Å². The minimum atomic E-state index is -4.34. The maximum Gasteiger partial charge on any atom is 0.416 e. The summed E-state index contributed by atoms with van der Waals surface area (Å²) in [5.41, 5.74) is 0.141. The number of nitrogens with zero attached hydrogens (tertiary/aromatic N) is 3. The number of likely N-dealkylation sites (N-methyl/N-ethyl adjacent to an activating group) is 1. The van der Waals surface area contributed by atoms with Crippen LogP contribution in [0, 0.1) is 0 Å². The first-order valence-corrected chi connectivity index (χ1v) is 9.57. The lowest BCUT2D eigenvalue weighted by atomic mass is 10.1. The maximum absolute atomic E-state index is 12.6. The lowest BCUT2D eigenvalue weighted by molar-refractivity contribution is -0.142. The van der Waals surface area contributed by atoms with Crippen LogP contribution in [-0.4, -0.2) is 74.8 Å². The monoisotopic (exact) mass is 567 g/mol. The van der Waals surface area contributed by atoms with Crippen LogP contribution in [0.15, 0.2) is 29.3 Å². The zero-order chi connectivity index (χ0) is 22.4. The fraction of sp³-hybridized carbons (Fsp3) is 0.632. The van der Waals surface area contributed by atoms with Gasteiger partial charge in [0.1, 0.15) is 0 Å². The molecule has 1 unspecified atom stereocenters. The van der Waals surface area contributed by atoms with E-state index in [4.69, 9.17) is 0 Å². The van der Waals surface area contributed by atoms with E-state index in [2.05, 4.69) is 20.5 Å². The molecule has 1 heterocycles. The summed E-state index contributed by atoms with van der Waals surface area (Å²) in [6.07, 6.45) is -7.74. The van der Waals surface area contributed by atoms with Crippen molar-refractivity contribution in [3.63, 3.8) is 0 Å². The van der Waals surface area contributed by atoms with Crippen LogP contribution >= 0.6 is 24.0 Å². The summed E-state index contributed by atoms with van der Waals surface area (Å²) in [6.45, 7) is 1.58. The van der Waals surface area contributed by atoms with E-state index in [-0.39, 0.29) is 36.6 Å². The maximum atomic E-state index is 12.6. The molecule has 0 amide bonds. The Morgan fingerprint density at radius 2 is 1.81 bits per heavy atom. The van der Waals surface area contributed by atoms with Crippen molar-refractivity contribution in [1.29, 1.82) is 0 Å². The van der Waals surface area contributed by atoms with Crippen LogP contribution in [0.2, 0.25) is 0 Å². The second-order valence-corrected chi connectivity index (χ2v) is 7.41. The number of alkyl halides is 6. The minimum absolute atomic E-state index is 0.